The number of benzene rings is 1. The van der Waals surface area contributed by atoms with E-state index in [4.69, 9.17) is 0 Å². The Morgan fingerprint density at radius 2 is 2.06 bits per heavy atom. The minimum Gasteiger partial charge on any atom is -0.374 e. The molecule has 1 aromatic rings. The van der Waals surface area contributed by atoms with E-state index >= 15 is 0 Å². The van der Waals surface area contributed by atoms with Crippen LogP contribution in [0.2, 0.25) is 0 Å². The van der Waals surface area contributed by atoms with Crippen molar-refractivity contribution in [2.45, 2.75) is 45.7 Å². The number of anilines is 1. The summed E-state index contributed by atoms with van der Waals surface area (Å²) in [4.78, 5) is 2.36. The predicted octanol–water partition coefficient (Wildman–Crippen LogP) is 2.96. The van der Waals surface area contributed by atoms with Crippen LogP contribution in [0.25, 0.3) is 0 Å². The summed E-state index contributed by atoms with van der Waals surface area (Å²) >= 11 is 0. The summed E-state index contributed by atoms with van der Waals surface area (Å²) in [7, 11) is 2.19. The van der Waals surface area contributed by atoms with Crippen LogP contribution < -0.4 is 10.2 Å². The molecule has 0 bridgehead atoms. The van der Waals surface area contributed by atoms with Gasteiger partial charge in [0.05, 0.1) is 0 Å². The molecular weight excluding hydrogens is 208 g/mol. The Morgan fingerprint density at radius 1 is 1.29 bits per heavy atom. The van der Waals surface area contributed by atoms with E-state index < -0.39 is 0 Å². The topological polar surface area (TPSA) is 15.3 Å². The molecule has 0 spiro atoms. The van der Waals surface area contributed by atoms with Gasteiger partial charge in [0, 0.05) is 31.4 Å². The van der Waals surface area contributed by atoms with Crippen LogP contribution in [0.3, 0.4) is 0 Å². The van der Waals surface area contributed by atoms with Gasteiger partial charge in [-0.15, -0.1) is 0 Å². The van der Waals surface area contributed by atoms with Gasteiger partial charge in [-0.1, -0.05) is 12.1 Å². The third-order valence-corrected chi connectivity index (χ3v) is 3.32. The molecule has 17 heavy (non-hydrogen) atoms. The standard InChI is InChI=1S/C15H24N2/c1-15(2,3)16-11-12-7-8-14-13(10-12)6-5-9-17(14)4/h7-8,10,16H,5-6,9,11H2,1-4H3. The van der Waals surface area contributed by atoms with Crippen molar-refractivity contribution in [3.63, 3.8) is 0 Å². The number of fused-ring (bicyclic) bond motifs is 1. The van der Waals surface area contributed by atoms with E-state index in [2.05, 4.69) is 56.2 Å². The second kappa shape index (κ2) is 4.69. The van der Waals surface area contributed by atoms with Crippen LogP contribution in [-0.4, -0.2) is 19.1 Å². The molecule has 0 radical (unpaired) electrons. The number of rotatable bonds is 2. The molecule has 1 aliphatic heterocycles. The van der Waals surface area contributed by atoms with E-state index in [9.17, 15) is 0 Å². The quantitative estimate of drug-likeness (QED) is 0.843. The van der Waals surface area contributed by atoms with E-state index in [1.807, 2.05) is 0 Å². The van der Waals surface area contributed by atoms with Crippen LogP contribution in [0, 0.1) is 0 Å². The third-order valence-electron chi connectivity index (χ3n) is 3.32. The fraction of sp³-hybridized carbons (Fsp3) is 0.600. The smallest absolute Gasteiger partial charge is 0.0396 e. The van der Waals surface area contributed by atoms with Crippen LogP contribution in [-0.2, 0) is 13.0 Å². The molecule has 1 N–H and O–H groups in total. The third kappa shape index (κ3) is 3.22. The monoisotopic (exact) mass is 232 g/mol. The Balaban J connectivity index is 2.11. The largest absolute Gasteiger partial charge is 0.374 e. The highest BCUT2D eigenvalue weighted by molar-refractivity contribution is 5.56. The molecule has 2 heteroatoms. The average molecular weight is 232 g/mol. The van der Waals surface area contributed by atoms with Crippen molar-refractivity contribution in [3.05, 3.63) is 29.3 Å². The SMILES string of the molecule is CN1CCCc2cc(CNC(C)(C)C)ccc21. The molecule has 1 heterocycles. The van der Waals surface area contributed by atoms with Crippen molar-refractivity contribution < 1.29 is 0 Å². The molecule has 0 saturated heterocycles. The Hall–Kier alpha value is -1.02. The maximum Gasteiger partial charge on any atom is 0.0396 e. The van der Waals surface area contributed by atoms with E-state index in [-0.39, 0.29) is 5.54 Å². The van der Waals surface area contributed by atoms with Gasteiger partial charge >= 0.3 is 0 Å². The molecule has 2 rings (SSSR count). The molecular formula is C15H24N2. The maximum atomic E-state index is 3.54. The van der Waals surface area contributed by atoms with Crippen LogP contribution in [0.4, 0.5) is 5.69 Å². The molecule has 0 saturated carbocycles. The normalized spacial score (nSPS) is 15.9. The fourth-order valence-electron chi connectivity index (χ4n) is 2.32. The van der Waals surface area contributed by atoms with Crippen molar-refractivity contribution in [2.24, 2.45) is 0 Å². The number of hydrogen-bond acceptors (Lipinski definition) is 2. The zero-order valence-electron chi connectivity index (χ0n) is 11.5. The maximum absolute atomic E-state index is 3.54. The summed E-state index contributed by atoms with van der Waals surface area (Å²) < 4.78 is 0. The molecule has 1 aromatic carbocycles. The lowest BCUT2D eigenvalue weighted by Gasteiger charge is -2.28. The van der Waals surface area contributed by atoms with Gasteiger partial charge in [-0.2, -0.15) is 0 Å². The second-order valence-corrected chi connectivity index (χ2v) is 6.09. The van der Waals surface area contributed by atoms with Crippen molar-refractivity contribution in [1.29, 1.82) is 0 Å². The minimum atomic E-state index is 0.187. The van der Waals surface area contributed by atoms with Gasteiger partial charge in [-0.3, -0.25) is 0 Å². The van der Waals surface area contributed by atoms with Crippen LogP contribution in [0.15, 0.2) is 18.2 Å². The molecule has 0 aliphatic carbocycles. The number of nitrogens with zero attached hydrogens (tertiary/aromatic N) is 1. The van der Waals surface area contributed by atoms with Crippen molar-refractivity contribution in [3.8, 4) is 0 Å². The first-order valence-electron chi connectivity index (χ1n) is 6.54. The number of hydrogen-bond donors (Lipinski definition) is 1. The Bertz CT molecular complexity index is 390. The highest BCUT2D eigenvalue weighted by atomic mass is 15.1. The highest BCUT2D eigenvalue weighted by Gasteiger charge is 2.14. The van der Waals surface area contributed by atoms with Gasteiger partial charge in [-0.05, 0) is 50.8 Å². The Kier molecular flexibility index (Phi) is 3.43. The molecule has 1 aliphatic rings. The molecule has 0 aromatic heterocycles. The van der Waals surface area contributed by atoms with Crippen molar-refractivity contribution in [2.75, 3.05) is 18.5 Å². The van der Waals surface area contributed by atoms with E-state index in [0.29, 0.717) is 0 Å². The summed E-state index contributed by atoms with van der Waals surface area (Å²) in [6.07, 6.45) is 2.50. The van der Waals surface area contributed by atoms with E-state index in [0.717, 1.165) is 6.54 Å². The first-order chi connectivity index (χ1) is 7.96. The molecule has 0 unspecified atom stereocenters. The summed E-state index contributed by atoms with van der Waals surface area (Å²) in [6, 6.07) is 6.89. The van der Waals surface area contributed by atoms with Crippen LogP contribution in [0.1, 0.15) is 38.3 Å². The zero-order valence-corrected chi connectivity index (χ0v) is 11.5. The summed E-state index contributed by atoms with van der Waals surface area (Å²) in [5.41, 5.74) is 4.50. The lowest BCUT2D eigenvalue weighted by atomic mass is 9.99. The lowest BCUT2D eigenvalue weighted by Crippen LogP contribution is -2.35. The van der Waals surface area contributed by atoms with Crippen LogP contribution in [0.5, 0.6) is 0 Å². The highest BCUT2D eigenvalue weighted by Crippen LogP contribution is 2.26. The molecule has 94 valence electrons. The van der Waals surface area contributed by atoms with Gasteiger partial charge in [0.25, 0.3) is 0 Å². The predicted molar refractivity (Wildman–Crippen MR) is 74.6 cm³/mol. The second-order valence-electron chi connectivity index (χ2n) is 6.09. The van der Waals surface area contributed by atoms with Gasteiger partial charge in [-0.25, -0.2) is 0 Å². The van der Waals surface area contributed by atoms with Gasteiger partial charge in [0.1, 0.15) is 0 Å². The molecule has 2 nitrogen and oxygen atoms in total. The summed E-state index contributed by atoms with van der Waals surface area (Å²) in [6.45, 7) is 8.77. The number of nitrogens with one attached hydrogen (secondary N) is 1. The lowest BCUT2D eigenvalue weighted by molar-refractivity contribution is 0.424. The first kappa shape index (κ1) is 12.4. The number of aryl methyl sites for hydroxylation is 1. The summed E-state index contributed by atoms with van der Waals surface area (Å²) in [5.74, 6) is 0. The van der Waals surface area contributed by atoms with E-state index in [1.54, 1.807) is 0 Å². The van der Waals surface area contributed by atoms with Gasteiger partial charge in [0.2, 0.25) is 0 Å². The Labute approximate surface area is 105 Å². The van der Waals surface area contributed by atoms with E-state index in [1.165, 1.54) is 36.2 Å². The molecule has 0 fully saturated rings. The summed E-state index contributed by atoms with van der Waals surface area (Å²) in [5, 5.41) is 3.54. The molecule has 0 atom stereocenters. The minimum absolute atomic E-state index is 0.187. The average Bonchev–Trinajstić information content (AvgIpc) is 2.26. The van der Waals surface area contributed by atoms with Crippen molar-refractivity contribution in [1.82, 2.24) is 5.32 Å². The van der Waals surface area contributed by atoms with Crippen molar-refractivity contribution >= 4 is 5.69 Å². The fourth-order valence-corrected chi connectivity index (χ4v) is 2.32. The van der Waals surface area contributed by atoms with Gasteiger partial charge < -0.3 is 10.2 Å². The van der Waals surface area contributed by atoms with Crippen LogP contribution >= 0.6 is 0 Å². The van der Waals surface area contributed by atoms with Gasteiger partial charge in [0.15, 0.2) is 0 Å². The zero-order chi connectivity index (χ0) is 12.5. The first-order valence-corrected chi connectivity index (χ1v) is 6.54. The molecule has 0 amide bonds. The Morgan fingerprint density at radius 3 is 2.76 bits per heavy atom.